The van der Waals surface area contributed by atoms with Crippen molar-refractivity contribution in [2.75, 3.05) is 6.61 Å². The molecule has 5 rings (SSSR count). The number of pyridine rings is 2. The minimum atomic E-state index is -1.19. The van der Waals surface area contributed by atoms with E-state index in [0.717, 1.165) is 51.6 Å². The van der Waals surface area contributed by atoms with E-state index in [2.05, 4.69) is 66.2 Å². The average Bonchev–Trinajstić information content (AvgIpc) is 3.43. The van der Waals surface area contributed by atoms with E-state index < -0.39 is 26.4 Å². The summed E-state index contributed by atoms with van der Waals surface area (Å²) >= 11 is 6.29. The number of rotatable bonds is 8. The van der Waals surface area contributed by atoms with Crippen LogP contribution in [0, 0.1) is 6.92 Å². The van der Waals surface area contributed by atoms with Crippen molar-refractivity contribution >= 4 is 54.3 Å². The zero-order valence-electron chi connectivity index (χ0n) is 22.7. The van der Waals surface area contributed by atoms with Gasteiger partial charge in [-0.15, -0.1) is 0 Å². The monoisotopic (exact) mass is 539 g/mol. The first-order valence-corrected chi connectivity index (χ1v) is 16.8. The van der Waals surface area contributed by atoms with Crippen LogP contribution in [0.3, 0.4) is 0 Å². The SMILES string of the molecule is Cc1cc(B2OC(C)(C)C(C)(Cc3cc4c(cn3)c3ccc(Cl)nc3n4COCC[Si](C)(C)C)O2)[nH]n1. The summed E-state index contributed by atoms with van der Waals surface area (Å²) in [6.07, 6.45) is 2.49. The molecule has 0 aromatic carbocycles. The first-order chi connectivity index (χ1) is 17.4. The molecule has 0 radical (unpaired) electrons. The molecule has 0 amide bonds. The smallest absolute Gasteiger partial charge is 0.398 e. The van der Waals surface area contributed by atoms with Crippen molar-refractivity contribution < 1.29 is 14.0 Å². The largest absolute Gasteiger partial charge is 0.513 e. The Balaban J connectivity index is 1.47. The predicted octanol–water partition coefficient (Wildman–Crippen LogP) is 5.10. The van der Waals surface area contributed by atoms with Crippen LogP contribution in [0.25, 0.3) is 21.9 Å². The maximum atomic E-state index is 6.50. The fourth-order valence-corrected chi connectivity index (χ4v) is 5.62. The van der Waals surface area contributed by atoms with Crippen LogP contribution in [0.5, 0.6) is 0 Å². The molecule has 37 heavy (non-hydrogen) atoms. The van der Waals surface area contributed by atoms with Crippen molar-refractivity contribution in [1.82, 2.24) is 24.7 Å². The molecule has 4 aromatic rings. The van der Waals surface area contributed by atoms with Crippen LogP contribution >= 0.6 is 11.6 Å². The molecular formula is C26H35BClN5O3Si. The molecule has 4 aromatic heterocycles. The summed E-state index contributed by atoms with van der Waals surface area (Å²) in [4.78, 5) is 9.46. The summed E-state index contributed by atoms with van der Waals surface area (Å²) in [5, 5.41) is 9.74. The maximum Gasteiger partial charge on any atom is 0.513 e. The van der Waals surface area contributed by atoms with Gasteiger partial charge in [0.05, 0.1) is 28.0 Å². The van der Waals surface area contributed by atoms with Gasteiger partial charge >= 0.3 is 7.12 Å². The van der Waals surface area contributed by atoms with Gasteiger partial charge in [0, 0.05) is 43.8 Å². The molecule has 1 aliphatic heterocycles. The van der Waals surface area contributed by atoms with Gasteiger partial charge in [0.25, 0.3) is 0 Å². The molecule has 11 heteroatoms. The molecule has 8 nitrogen and oxygen atoms in total. The highest BCUT2D eigenvalue weighted by Gasteiger charge is 2.55. The second-order valence-electron chi connectivity index (χ2n) is 11.9. The lowest BCUT2D eigenvalue weighted by Crippen LogP contribution is -2.46. The number of aromatic amines is 1. The number of hydrogen-bond acceptors (Lipinski definition) is 6. The highest BCUT2D eigenvalue weighted by molar-refractivity contribution is 6.76. The molecule has 196 valence electrons. The molecule has 0 spiro atoms. The second-order valence-corrected chi connectivity index (χ2v) is 17.9. The maximum absolute atomic E-state index is 6.50. The van der Waals surface area contributed by atoms with E-state index in [9.17, 15) is 0 Å². The number of hydrogen-bond donors (Lipinski definition) is 1. The van der Waals surface area contributed by atoms with Gasteiger partial charge in [-0.2, -0.15) is 5.10 Å². The molecule has 5 heterocycles. The molecule has 0 saturated carbocycles. The summed E-state index contributed by atoms with van der Waals surface area (Å²) in [5.74, 6) is 0. The average molecular weight is 540 g/mol. The molecule has 0 bridgehead atoms. The van der Waals surface area contributed by atoms with E-state index in [1.807, 2.05) is 31.3 Å². The number of nitrogens with zero attached hydrogens (tertiary/aromatic N) is 4. The number of aryl methyl sites for hydroxylation is 1. The summed E-state index contributed by atoms with van der Waals surface area (Å²) in [5.41, 5.74) is 3.29. The third-order valence-electron chi connectivity index (χ3n) is 7.37. The predicted molar refractivity (Wildman–Crippen MR) is 151 cm³/mol. The van der Waals surface area contributed by atoms with Crippen molar-refractivity contribution in [2.24, 2.45) is 0 Å². The van der Waals surface area contributed by atoms with Gasteiger partial charge in [-0.3, -0.25) is 10.1 Å². The molecular weight excluding hydrogens is 505 g/mol. The first kappa shape index (κ1) is 26.4. The third-order valence-corrected chi connectivity index (χ3v) is 9.29. The Morgan fingerprint density at radius 1 is 1.14 bits per heavy atom. The zero-order chi connectivity index (χ0) is 26.6. The molecule has 1 fully saturated rings. The van der Waals surface area contributed by atoms with Gasteiger partial charge in [0.2, 0.25) is 0 Å². The van der Waals surface area contributed by atoms with Crippen LogP contribution in [0.1, 0.15) is 32.2 Å². The lowest BCUT2D eigenvalue weighted by Gasteiger charge is -2.36. The summed E-state index contributed by atoms with van der Waals surface area (Å²) in [6, 6.07) is 8.99. The Labute approximate surface area is 224 Å². The molecule has 1 aliphatic rings. The first-order valence-electron chi connectivity index (χ1n) is 12.7. The van der Waals surface area contributed by atoms with Crippen molar-refractivity contribution in [2.45, 2.75) is 77.7 Å². The van der Waals surface area contributed by atoms with E-state index in [1.54, 1.807) is 0 Å². The van der Waals surface area contributed by atoms with Crippen molar-refractivity contribution in [1.29, 1.82) is 0 Å². The van der Waals surface area contributed by atoms with Crippen molar-refractivity contribution in [3.8, 4) is 0 Å². The topological polar surface area (TPSA) is 87.1 Å². The molecule has 1 atom stereocenters. The normalized spacial score (nSPS) is 19.9. The van der Waals surface area contributed by atoms with Crippen molar-refractivity contribution in [3.63, 3.8) is 0 Å². The second kappa shape index (κ2) is 9.50. The fraction of sp³-hybridized carbons (Fsp3) is 0.500. The van der Waals surface area contributed by atoms with Gasteiger partial charge in [0.15, 0.2) is 0 Å². The Morgan fingerprint density at radius 3 is 2.62 bits per heavy atom. The minimum Gasteiger partial charge on any atom is -0.398 e. The van der Waals surface area contributed by atoms with Crippen LogP contribution < -0.4 is 5.59 Å². The van der Waals surface area contributed by atoms with Crippen LogP contribution in [0.15, 0.2) is 30.5 Å². The lowest BCUT2D eigenvalue weighted by molar-refractivity contribution is -0.00942. The number of ether oxygens (including phenoxy) is 1. The highest BCUT2D eigenvalue weighted by atomic mass is 35.5. The lowest BCUT2D eigenvalue weighted by atomic mass is 9.83. The van der Waals surface area contributed by atoms with Gasteiger partial charge in [-0.05, 0) is 58.0 Å². The van der Waals surface area contributed by atoms with Crippen molar-refractivity contribution in [3.05, 3.63) is 47.0 Å². The van der Waals surface area contributed by atoms with Crippen LogP contribution in [0.2, 0.25) is 30.8 Å². The van der Waals surface area contributed by atoms with E-state index in [-0.39, 0.29) is 0 Å². The molecule has 1 N–H and O–H groups in total. The number of fused-ring (bicyclic) bond motifs is 3. The number of aromatic nitrogens is 5. The van der Waals surface area contributed by atoms with E-state index >= 15 is 0 Å². The van der Waals surface area contributed by atoms with E-state index in [4.69, 9.17) is 30.6 Å². The summed E-state index contributed by atoms with van der Waals surface area (Å²) in [6.45, 7) is 16.3. The summed E-state index contributed by atoms with van der Waals surface area (Å²) < 4.78 is 21.1. The molecule has 1 saturated heterocycles. The van der Waals surface area contributed by atoms with Crippen LogP contribution in [-0.2, 0) is 27.2 Å². The third kappa shape index (κ3) is 5.22. The zero-order valence-corrected chi connectivity index (χ0v) is 24.4. The standard InChI is InChI=1S/C26H35BClN5O3Si/c1-17-12-22(32-31-17)27-35-25(2,3)26(4,36-27)14-18-13-21-20(15-29-18)19-8-9-23(28)30-24(19)33(21)16-34-10-11-37(5,6)7/h8-9,12-13,15H,10-11,14,16H2,1-7H3,(H,31,32). The van der Waals surface area contributed by atoms with Gasteiger partial charge in [-0.1, -0.05) is 31.2 Å². The summed E-state index contributed by atoms with van der Waals surface area (Å²) in [7, 11) is -1.70. The van der Waals surface area contributed by atoms with E-state index in [1.165, 1.54) is 0 Å². The highest BCUT2D eigenvalue weighted by Crippen LogP contribution is 2.40. The van der Waals surface area contributed by atoms with E-state index in [0.29, 0.717) is 18.3 Å². The number of halogens is 1. The fourth-order valence-electron chi connectivity index (χ4n) is 4.72. The Morgan fingerprint density at radius 2 is 1.92 bits per heavy atom. The Bertz CT molecular complexity index is 1450. The number of nitrogens with one attached hydrogen (secondary N) is 1. The number of H-pyrrole nitrogens is 1. The Hall–Kier alpha value is -2.24. The van der Waals surface area contributed by atoms with Gasteiger partial charge in [-0.25, -0.2) is 4.98 Å². The van der Waals surface area contributed by atoms with Gasteiger partial charge in [0.1, 0.15) is 17.5 Å². The molecule has 1 unspecified atom stereocenters. The van der Waals surface area contributed by atoms with Crippen LogP contribution in [-0.4, -0.2) is 57.7 Å². The van der Waals surface area contributed by atoms with Crippen LogP contribution in [0.4, 0.5) is 0 Å². The Kier molecular flexibility index (Phi) is 6.77. The minimum absolute atomic E-state index is 0.408. The van der Waals surface area contributed by atoms with Gasteiger partial charge < -0.3 is 18.6 Å². The quantitative estimate of drug-likeness (QED) is 0.190. The molecule has 0 aliphatic carbocycles.